The van der Waals surface area contributed by atoms with Gasteiger partial charge in [-0.3, -0.25) is 0 Å². The first-order valence-corrected chi connectivity index (χ1v) is 7.17. The summed E-state index contributed by atoms with van der Waals surface area (Å²) in [6.45, 7) is 4.87. The van der Waals surface area contributed by atoms with Gasteiger partial charge in [0.05, 0.1) is 0 Å². The molecule has 1 unspecified atom stereocenters. The molecule has 1 aliphatic carbocycles. The van der Waals surface area contributed by atoms with Gasteiger partial charge in [-0.05, 0) is 73.7 Å². The molecule has 1 atom stereocenters. The van der Waals surface area contributed by atoms with E-state index in [1.54, 1.807) is 16.7 Å². The van der Waals surface area contributed by atoms with Crippen LogP contribution in [0, 0.1) is 5.92 Å². The van der Waals surface area contributed by atoms with E-state index in [0.717, 1.165) is 11.8 Å². The van der Waals surface area contributed by atoms with Crippen LogP contribution < -0.4 is 5.32 Å². The number of benzene rings is 1. The van der Waals surface area contributed by atoms with E-state index in [-0.39, 0.29) is 0 Å². The molecule has 1 heterocycles. The molecular formula is C16H23N. The lowest BCUT2D eigenvalue weighted by Crippen LogP contribution is -2.30. The average Bonchev–Trinajstić information content (AvgIpc) is 2.87. The van der Waals surface area contributed by atoms with E-state index in [2.05, 4.69) is 30.4 Å². The van der Waals surface area contributed by atoms with E-state index in [0.29, 0.717) is 0 Å². The topological polar surface area (TPSA) is 12.0 Å². The third kappa shape index (κ3) is 2.13. The largest absolute Gasteiger partial charge is 0.317 e. The number of piperidine rings is 1. The molecule has 0 aromatic heterocycles. The number of rotatable bonds is 2. The second-order valence-electron chi connectivity index (χ2n) is 5.71. The minimum Gasteiger partial charge on any atom is -0.317 e. The van der Waals surface area contributed by atoms with Crippen LogP contribution in [0.1, 0.15) is 48.8 Å². The molecule has 1 N–H and O–H groups in total. The van der Waals surface area contributed by atoms with Crippen molar-refractivity contribution >= 4 is 0 Å². The van der Waals surface area contributed by atoms with Gasteiger partial charge in [0.2, 0.25) is 0 Å². The maximum Gasteiger partial charge on any atom is -0.00461 e. The Morgan fingerprint density at radius 3 is 2.82 bits per heavy atom. The Balaban J connectivity index is 1.85. The van der Waals surface area contributed by atoms with E-state index in [4.69, 9.17) is 0 Å². The van der Waals surface area contributed by atoms with Gasteiger partial charge in [-0.2, -0.15) is 0 Å². The Morgan fingerprint density at radius 2 is 2.00 bits per heavy atom. The van der Waals surface area contributed by atoms with Crippen molar-refractivity contribution in [3.8, 4) is 0 Å². The molecule has 0 spiro atoms. The monoisotopic (exact) mass is 229 g/mol. The van der Waals surface area contributed by atoms with Crippen molar-refractivity contribution in [1.29, 1.82) is 0 Å². The fourth-order valence-corrected chi connectivity index (χ4v) is 3.67. The van der Waals surface area contributed by atoms with Gasteiger partial charge >= 0.3 is 0 Å². The smallest absolute Gasteiger partial charge is 0.00461 e. The van der Waals surface area contributed by atoms with Crippen LogP contribution in [0.4, 0.5) is 0 Å². The molecule has 92 valence electrons. The lowest BCUT2D eigenvalue weighted by Gasteiger charge is -2.29. The molecule has 1 saturated heterocycles. The molecule has 0 bridgehead atoms. The predicted octanol–water partition coefficient (Wildman–Crippen LogP) is 3.28. The molecule has 17 heavy (non-hydrogen) atoms. The van der Waals surface area contributed by atoms with Crippen molar-refractivity contribution in [1.82, 2.24) is 5.32 Å². The summed E-state index contributed by atoms with van der Waals surface area (Å²) in [7, 11) is 0. The Kier molecular flexibility index (Phi) is 3.19. The lowest BCUT2D eigenvalue weighted by molar-refractivity contribution is 0.329. The molecule has 0 saturated carbocycles. The molecule has 1 aromatic rings. The van der Waals surface area contributed by atoms with Gasteiger partial charge in [-0.1, -0.05) is 25.1 Å². The molecule has 1 aliphatic heterocycles. The summed E-state index contributed by atoms with van der Waals surface area (Å²) >= 11 is 0. The van der Waals surface area contributed by atoms with E-state index < -0.39 is 0 Å². The van der Waals surface area contributed by atoms with Gasteiger partial charge in [0.1, 0.15) is 0 Å². The first kappa shape index (κ1) is 11.3. The maximum absolute atomic E-state index is 3.47. The molecule has 1 nitrogen and oxygen atoms in total. The van der Waals surface area contributed by atoms with Gasteiger partial charge in [-0.15, -0.1) is 0 Å². The van der Waals surface area contributed by atoms with E-state index >= 15 is 0 Å². The predicted molar refractivity (Wildman–Crippen MR) is 72.5 cm³/mol. The van der Waals surface area contributed by atoms with Gasteiger partial charge in [-0.25, -0.2) is 0 Å². The Morgan fingerprint density at radius 1 is 1.18 bits per heavy atom. The van der Waals surface area contributed by atoms with Gasteiger partial charge in [0, 0.05) is 0 Å². The quantitative estimate of drug-likeness (QED) is 0.820. The zero-order valence-electron chi connectivity index (χ0n) is 10.8. The minimum atomic E-state index is 0.755. The molecule has 1 aromatic carbocycles. The SMILES string of the molecule is CC(c1cccc2c1CCC2)C1CCNCC1. The van der Waals surface area contributed by atoms with Crippen molar-refractivity contribution < 1.29 is 0 Å². The molecule has 2 aliphatic rings. The van der Waals surface area contributed by atoms with Crippen LogP contribution in [-0.2, 0) is 12.8 Å². The normalized spacial score (nSPS) is 22.4. The van der Waals surface area contributed by atoms with Crippen molar-refractivity contribution in [3.63, 3.8) is 0 Å². The number of hydrogen-bond donors (Lipinski definition) is 1. The van der Waals surface area contributed by atoms with Crippen LogP contribution in [0.3, 0.4) is 0 Å². The first-order valence-electron chi connectivity index (χ1n) is 7.17. The van der Waals surface area contributed by atoms with Gasteiger partial charge in [0.15, 0.2) is 0 Å². The summed E-state index contributed by atoms with van der Waals surface area (Å²) in [5, 5.41) is 3.47. The van der Waals surface area contributed by atoms with Crippen LogP contribution in [-0.4, -0.2) is 13.1 Å². The summed E-state index contributed by atoms with van der Waals surface area (Å²) in [5.74, 6) is 1.65. The zero-order chi connectivity index (χ0) is 11.7. The standard InChI is InChI=1S/C16H23N/c1-12(13-8-10-17-11-9-13)15-6-2-4-14-5-3-7-16(14)15/h2,4,6,12-13,17H,3,5,7-11H2,1H3. The summed E-state index contributed by atoms with van der Waals surface area (Å²) in [6.07, 6.45) is 6.70. The van der Waals surface area contributed by atoms with Crippen LogP contribution in [0.25, 0.3) is 0 Å². The van der Waals surface area contributed by atoms with Gasteiger partial charge in [0.25, 0.3) is 0 Å². The van der Waals surface area contributed by atoms with Crippen LogP contribution in [0.2, 0.25) is 0 Å². The van der Waals surface area contributed by atoms with E-state index in [1.807, 2.05) is 0 Å². The van der Waals surface area contributed by atoms with Crippen molar-refractivity contribution in [3.05, 3.63) is 34.9 Å². The fraction of sp³-hybridized carbons (Fsp3) is 0.625. The maximum atomic E-state index is 3.47. The minimum absolute atomic E-state index is 0.755. The Hall–Kier alpha value is -0.820. The highest BCUT2D eigenvalue weighted by atomic mass is 14.9. The summed E-state index contributed by atoms with van der Waals surface area (Å²) in [4.78, 5) is 0. The highest BCUT2D eigenvalue weighted by Gasteiger charge is 2.25. The Labute approximate surface area is 105 Å². The highest BCUT2D eigenvalue weighted by molar-refractivity contribution is 5.40. The third-order valence-corrected chi connectivity index (χ3v) is 4.76. The summed E-state index contributed by atoms with van der Waals surface area (Å²) in [5.41, 5.74) is 4.98. The zero-order valence-corrected chi connectivity index (χ0v) is 10.8. The second kappa shape index (κ2) is 4.81. The molecule has 0 amide bonds. The summed E-state index contributed by atoms with van der Waals surface area (Å²) < 4.78 is 0. The number of fused-ring (bicyclic) bond motifs is 1. The van der Waals surface area contributed by atoms with Crippen molar-refractivity contribution in [2.75, 3.05) is 13.1 Å². The van der Waals surface area contributed by atoms with Crippen molar-refractivity contribution in [2.24, 2.45) is 5.92 Å². The third-order valence-electron chi connectivity index (χ3n) is 4.76. The van der Waals surface area contributed by atoms with Crippen LogP contribution >= 0.6 is 0 Å². The number of aryl methyl sites for hydroxylation is 1. The number of hydrogen-bond acceptors (Lipinski definition) is 1. The highest BCUT2D eigenvalue weighted by Crippen LogP contribution is 2.36. The summed E-state index contributed by atoms with van der Waals surface area (Å²) in [6, 6.07) is 6.99. The number of nitrogens with one attached hydrogen (secondary N) is 1. The fourth-order valence-electron chi connectivity index (χ4n) is 3.67. The van der Waals surface area contributed by atoms with Crippen LogP contribution in [0.15, 0.2) is 18.2 Å². The average molecular weight is 229 g/mol. The molecule has 1 fully saturated rings. The van der Waals surface area contributed by atoms with E-state index in [1.165, 1.54) is 45.2 Å². The second-order valence-corrected chi connectivity index (χ2v) is 5.71. The van der Waals surface area contributed by atoms with Crippen LogP contribution in [0.5, 0.6) is 0 Å². The molecule has 3 rings (SSSR count). The Bertz CT molecular complexity index is 391. The lowest BCUT2D eigenvalue weighted by atomic mass is 9.79. The van der Waals surface area contributed by atoms with Gasteiger partial charge < -0.3 is 5.32 Å². The first-order chi connectivity index (χ1) is 8.36. The molecular weight excluding hydrogens is 206 g/mol. The van der Waals surface area contributed by atoms with E-state index in [9.17, 15) is 0 Å². The molecule has 0 radical (unpaired) electrons. The molecule has 1 heteroatoms. The van der Waals surface area contributed by atoms with Crippen molar-refractivity contribution in [2.45, 2.75) is 44.9 Å².